The number of nitrogens with one attached hydrogen (secondary N) is 1. The van der Waals surface area contributed by atoms with Gasteiger partial charge < -0.3 is 18.9 Å². The highest BCUT2D eigenvalue weighted by molar-refractivity contribution is 7.04. The Kier molecular flexibility index (Phi) is 4.48. The summed E-state index contributed by atoms with van der Waals surface area (Å²) in [5.74, 6) is 2.55. The van der Waals surface area contributed by atoms with Crippen molar-refractivity contribution in [1.82, 2.24) is 4.37 Å². The van der Waals surface area contributed by atoms with Crippen molar-refractivity contribution in [2.45, 2.75) is 0 Å². The minimum absolute atomic E-state index is 0.183. The maximum atomic E-state index is 5.81. The Morgan fingerprint density at radius 2 is 1.92 bits per heavy atom. The summed E-state index contributed by atoms with van der Waals surface area (Å²) < 4.78 is 26.3. The summed E-state index contributed by atoms with van der Waals surface area (Å²) in [5, 5.41) is 1.99. The van der Waals surface area contributed by atoms with Crippen molar-refractivity contribution in [3.05, 3.63) is 35.7 Å². The Labute approximate surface area is 159 Å². The zero-order chi connectivity index (χ0) is 18.1. The van der Waals surface area contributed by atoms with E-state index in [1.807, 2.05) is 35.7 Å². The van der Waals surface area contributed by atoms with Crippen LogP contribution in [-0.2, 0) is 0 Å². The summed E-state index contributed by atoms with van der Waals surface area (Å²) in [4.78, 5) is 2.63. The fraction of sp³-hybridized carbons (Fsp3) is 0.167. The molecule has 8 heteroatoms. The molecule has 3 aromatic rings. The molecule has 1 N–H and O–H groups in total. The van der Waals surface area contributed by atoms with E-state index in [4.69, 9.17) is 30.7 Å². The van der Waals surface area contributed by atoms with E-state index in [1.165, 1.54) is 11.5 Å². The average molecular weight is 391 g/mol. The summed E-state index contributed by atoms with van der Waals surface area (Å²) in [6.07, 6.45) is 0. The first-order valence-electron chi connectivity index (χ1n) is 7.72. The van der Waals surface area contributed by atoms with E-state index in [1.54, 1.807) is 14.2 Å². The zero-order valence-corrected chi connectivity index (χ0v) is 15.6. The Balaban J connectivity index is 1.81. The van der Waals surface area contributed by atoms with E-state index in [9.17, 15) is 0 Å². The number of aromatic nitrogens is 1. The minimum atomic E-state index is 0.183. The fourth-order valence-electron chi connectivity index (χ4n) is 2.87. The molecule has 6 nitrogen and oxygen atoms in total. The topological polar surface area (TPSA) is 61.8 Å². The molecule has 0 spiro atoms. The van der Waals surface area contributed by atoms with Gasteiger partial charge in [0.1, 0.15) is 5.75 Å². The van der Waals surface area contributed by atoms with Gasteiger partial charge in [-0.05, 0) is 41.4 Å². The van der Waals surface area contributed by atoms with Crippen LogP contribution >= 0.6 is 23.3 Å². The summed E-state index contributed by atoms with van der Waals surface area (Å²) >= 11 is 7.19. The molecule has 0 bridgehead atoms. The predicted octanol–water partition coefficient (Wildman–Crippen LogP) is 4.79. The van der Waals surface area contributed by atoms with Crippen LogP contribution in [0.2, 0.25) is 0 Å². The van der Waals surface area contributed by atoms with Gasteiger partial charge in [-0.25, -0.2) is 0 Å². The quantitative estimate of drug-likeness (QED) is 0.632. The molecule has 0 saturated heterocycles. The van der Waals surface area contributed by atoms with Crippen molar-refractivity contribution < 1.29 is 18.9 Å². The average Bonchev–Trinajstić information content (AvgIpc) is 3.35. The standard InChI is InChI=1S/C18H15ClN2O4S/c1-22-14-4-3-10(5-13(14)20-19)12-8-26-21-17(12)11-6-15(23-2)18-16(7-11)24-9-25-18/h3-8,20H,9H2,1-2H3. The first kappa shape index (κ1) is 16.8. The Morgan fingerprint density at radius 1 is 1.08 bits per heavy atom. The molecule has 4 rings (SSSR count). The molecule has 1 aliphatic rings. The van der Waals surface area contributed by atoms with Gasteiger partial charge in [0.2, 0.25) is 12.5 Å². The Morgan fingerprint density at radius 3 is 2.69 bits per heavy atom. The largest absolute Gasteiger partial charge is 0.495 e. The van der Waals surface area contributed by atoms with Gasteiger partial charge in [0.15, 0.2) is 11.5 Å². The highest BCUT2D eigenvalue weighted by Gasteiger charge is 2.22. The van der Waals surface area contributed by atoms with Crippen LogP contribution in [0.15, 0.2) is 35.7 Å². The molecule has 0 radical (unpaired) electrons. The lowest BCUT2D eigenvalue weighted by atomic mass is 10.0. The molecule has 2 heterocycles. The van der Waals surface area contributed by atoms with Crippen LogP contribution in [0.3, 0.4) is 0 Å². The third-order valence-corrected chi connectivity index (χ3v) is 4.95. The van der Waals surface area contributed by atoms with Crippen LogP contribution in [0.25, 0.3) is 22.4 Å². The van der Waals surface area contributed by atoms with E-state index < -0.39 is 0 Å². The second-order valence-electron chi connectivity index (χ2n) is 5.50. The normalized spacial score (nSPS) is 12.1. The lowest BCUT2D eigenvalue weighted by Gasteiger charge is -2.11. The lowest BCUT2D eigenvalue weighted by Crippen LogP contribution is -1.93. The zero-order valence-electron chi connectivity index (χ0n) is 14.0. The number of ether oxygens (including phenoxy) is 4. The molecule has 2 aromatic carbocycles. The number of fused-ring (bicyclic) bond motifs is 1. The SMILES string of the molecule is COc1ccc(-c2csnc2-c2cc(OC)c3c(c2)OCO3)cc1NCl. The van der Waals surface area contributed by atoms with Gasteiger partial charge in [-0.1, -0.05) is 6.07 Å². The molecule has 0 unspecified atom stereocenters. The van der Waals surface area contributed by atoms with Crippen LogP contribution in [0.1, 0.15) is 0 Å². The van der Waals surface area contributed by atoms with Crippen LogP contribution in [0.4, 0.5) is 5.69 Å². The molecule has 1 aromatic heterocycles. The van der Waals surface area contributed by atoms with Gasteiger partial charge in [0.25, 0.3) is 0 Å². The second-order valence-corrected chi connectivity index (χ2v) is 6.32. The van der Waals surface area contributed by atoms with Gasteiger partial charge in [-0.15, -0.1) is 0 Å². The lowest BCUT2D eigenvalue weighted by molar-refractivity contribution is 0.171. The van der Waals surface area contributed by atoms with Gasteiger partial charge in [0.05, 0.1) is 25.6 Å². The van der Waals surface area contributed by atoms with E-state index in [0.717, 1.165) is 22.4 Å². The highest BCUT2D eigenvalue weighted by atomic mass is 35.5. The summed E-state index contributed by atoms with van der Waals surface area (Å²) in [6, 6.07) is 9.56. The van der Waals surface area contributed by atoms with Crippen LogP contribution < -0.4 is 23.8 Å². The van der Waals surface area contributed by atoms with Crippen LogP contribution in [-0.4, -0.2) is 25.4 Å². The van der Waals surface area contributed by atoms with E-state index >= 15 is 0 Å². The number of anilines is 1. The highest BCUT2D eigenvalue weighted by Crippen LogP contribution is 2.46. The molecule has 26 heavy (non-hydrogen) atoms. The summed E-state index contributed by atoms with van der Waals surface area (Å²) in [5.41, 5.74) is 4.35. The number of hydrogen-bond donors (Lipinski definition) is 1. The Bertz CT molecular complexity index is 960. The molecule has 0 aliphatic carbocycles. The van der Waals surface area contributed by atoms with Crippen molar-refractivity contribution in [2.24, 2.45) is 0 Å². The fourth-order valence-corrected chi connectivity index (χ4v) is 3.73. The van der Waals surface area contributed by atoms with Crippen molar-refractivity contribution in [3.63, 3.8) is 0 Å². The third-order valence-electron chi connectivity index (χ3n) is 4.11. The molecular weight excluding hydrogens is 376 g/mol. The van der Waals surface area contributed by atoms with E-state index in [2.05, 4.69) is 9.21 Å². The first-order chi connectivity index (χ1) is 12.7. The van der Waals surface area contributed by atoms with Crippen LogP contribution in [0, 0.1) is 0 Å². The van der Waals surface area contributed by atoms with Gasteiger partial charge in [-0.3, -0.25) is 4.84 Å². The van der Waals surface area contributed by atoms with Gasteiger partial charge in [0, 0.05) is 28.3 Å². The number of halogens is 1. The van der Waals surface area contributed by atoms with E-state index in [0.29, 0.717) is 28.7 Å². The second kappa shape index (κ2) is 6.93. The van der Waals surface area contributed by atoms with E-state index in [-0.39, 0.29) is 6.79 Å². The number of methoxy groups -OCH3 is 2. The number of hydrogen-bond acceptors (Lipinski definition) is 7. The van der Waals surface area contributed by atoms with Crippen molar-refractivity contribution in [3.8, 4) is 45.4 Å². The molecule has 0 atom stereocenters. The summed E-state index contributed by atoms with van der Waals surface area (Å²) in [6.45, 7) is 0.183. The molecule has 0 fully saturated rings. The summed E-state index contributed by atoms with van der Waals surface area (Å²) in [7, 11) is 3.20. The van der Waals surface area contributed by atoms with Gasteiger partial charge in [-0.2, -0.15) is 4.37 Å². The van der Waals surface area contributed by atoms with Crippen LogP contribution in [0.5, 0.6) is 23.0 Å². The third kappa shape index (κ3) is 2.79. The minimum Gasteiger partial charge on any atom is -0.495 e. The Hall–Kier alpha value is -2.64. The molecular formula is C18H15ClN2O4S. The molecule has 1 aliphatic heterocycles. The number of benzene rings is 2. The molecule has 0 saturated carbocycles. The smallest absolute Gasteiger partial charge is 0.231 e. The van der Waals surface area contributed by atoms with Crippen molar-refractivity contribution in [1.29, 1.82) is 0 Å². The number of nitrogens with zero attached hydrogens (tertiary/aromatic N) is 1. The molecule has 0 amide bonds. The van der Waals surface area contributed by atoms with Crippen molar-refractivity contribution in [2.75, 3.05) is 25.8 Å². The first-order valence-corrected chi connectivity index (χ1v) is 8.94. The van der Waals surface area contributed by atoms with Gasteiger partial charge >= 0.3 is 0 Å². The van der Waals surface area contributed by atoms with Crippen molar-refractivity contribution >= 4 is 29.0 Å². The maximum absolute atomic E-state index is 5.81. The predicted molar refractivity (Wildman–Crippen MR) is 102 cm³/mol. The maximum Gasteiger partial charge on any atom is 0.231 e. The molecule has 134 valence electrons. The monoisotopic (exact) mass is 390 g/mol. The number of rotatable bonds is 5.